The Hall–Kier alpha value is -1.26. The smallest absolute Gasteiger partial charge is 0.341 e. The van der Waals surface area contributed by atoms with Crippen molar-refractivity contribution >= 4 is 29.7 Å². The van der Waals surface area contributed by atoms with Gasteiger partial charge in [0.15, 0.2) is 0 Å². The highest BCUT2D eigenvalue weighted by molar-refractivity contribution is 7.15. The Morgan fingerprint density at radius 1 is 1.29 bits per heavy atom. The Labute approximate surface area is 105 Å². The molecule has 0 unspecified atom stereocenters. The van der Waals surface area contributed by atoms with Crippen molar-refractivity contribution in [1.29, 1.82) is 0 Å². The molecule has 0 bridgehead atoms. The molecule has 90 valence electrons. The summed E-state index contributed by atoms with van der Waals surface area (Å²) in [6, 6.07) is 6.90. The number of fused-ring (bicyclic) bond motifs is 1. The van der Waals surface area contributed by atoms with Gasteiger partial charge in [-0.2, -0.15) is 0 Å². The number of hydrogen-bond acceptors (Lipinski definition) is 3. The van der Waals surface area contributed by atoms with Crippen molar-refractivity contribution in [2.24, 2.45) is 0 Å². The summed E-state index contributed by atoms with van der Waals surface area (Å²) in [5.74, 6) is 0.637. The van der Waals surface area contributed by atoms with Gasteiger partial charge >= 0.3 is 13.3 Å². The highest BCUT2D eigenvalue weighted by Crippen LogP contribution is 2.25. The van der Waals surface area contributed by atoms with Crippen LogP contribution in [0.4, 0.5) is 0 Å². The molecule has 2 rings (SSSR count). The van der Waals surface area contributed by atoms with Crippen molar-refractivity contribution in [1.82, 2.24) is 0 Å². The van der Waals surface area contributed by atoms with Gasteiger partial charge in [0.25, 0.3) is 0 Å². The van der Waals surface area contributed by atoms with Gasteiger partial charge in [-0.3, -0.25) is 0 Å². The van der Waals surface area contributed by atoms with Crippen LogP contribution in [0.2, 0.25) is 13.1 Å². The molecule has 1 aromatic heterocycles. The van der Waals surface area contributed by atoms with Crippen LogP contribution in [-0.2, 0) is 0 Å². The van der Waals surface area contributed by atoms with Crippen LogP contribution in [0.25, 0.3) is 11.0 Å². The van der Waals surface area contributed by atoms with Gasteiger partial charge in [0.1, 0.15) is 11.3 Å². The molecule has 0 saturated heterocycles. The summed E-state index contributed by atoms with van der Waals surface area (Å²) >= 11 is 6.11. The maximum Gasteiger partial charge on any atom is 0.341 e. The maximum atomic E-state index is 11.3. The largest absolute Gasteiger partial charge is 0.529 e. The zero-order chi connectivity index (χ0) is 12.6. The second kappa shape index (κ2) is 4.20. The number of aryl methyl sites for hydroxylation is 1. The van der Waals surface area contributed by atoms with E-state index in [2.05, 4.69) is 0 Å². The lowest BCUT2D eigenvalue weighted by Crippen LogP contribution is -2.26. The lowest BCUT2D eigenvalue weighted by Gasteiger charge is -2.16. The van der Waals surface area contributed by atoms with Crippen LogP contribution in [0.15, 0.2) is 33.5 Å². The normalized spacial score (nSPS) is 11.8. The first-order valence-corrected chi connectivity index (χ1v) is 9.20. The Morgan fingerprint density at radius 2 is 2.00 bits per heavy atom. The lowest BCUT2D eigenvalue weighted by molar-refractivity contribution is 0.548. The van der Waals surface area contributed by atoms with Gasteiger partial charge in [0.2, 0.25) is 0 Å². The monoisotopic (exact) mass is 268 g/mol. The average Bonchev–Trinajstić information content (AvgIpc) is 2.13. The van der Waals surface area contributed by atoms with E-state index in [1.54, 1.807) is 6.07 Å². The minimum atomic E-state index is -2.16. The van der Waals surface area contributed by atoms with Crippen LogP contribution in [0.5, 0.6) is 5.75 Å². The third-order valence-electron chi connectivity index (χ3n) is 2.28. The third-order valence-corrected chi connectivity index (χ3v) is 3.24. The molecular weight excluding hydrogens is 256 g/mol. The van der Waals surface area contributed by atoms with E-state index in [1.165, 1.54) is 6.07 Å². The quantitative estimate of drug-likeness (QED) is 0.476. The summed E-state index contributed by atoms with van der Waals surface area (Å²) in [6.45, 7) is 5.64. The number of hydrogen-bond donors (Lipinski definition) is 0. The predicted octanol–water partition coefficient (Wildman–Crippen LogP) is 3.42. The molecule has 0 N–H and O–H groups in total. The van der Waals surface area contributed by atoms with Gasteiger partial charge in [0, 0.05) is 17.5 Å². The second-order valence-electron chi connectivity index (χ2n) is 4.37. The lowest BCUT2D eigenvalue weighted by atomic mass is 10.1. The third kappa shape index (κ3) is 2.90. The summed E-state index contributed by atoms with van der Waals surface area (Å²) in [6.07, 6.45) is 0. The molecule has 17 heavy (non-hydrogen) atoms. The number of rotatable bonds is 2. The Bertz CT molecular complexity index is 613. The second-order valence-corrected chi connectivity index (χ2v) is 10.0. The summed E-state index contributed by atoms with van der Waals surface area (Å²) < 4.78 is 10.8. The van der Waals surface area contributed by atoms with Crippen LogP contribution in [0, 0.1) is 6.92 Å². The summed E-state index contributed by atoms with van der Waals surface area (Å²) in [5.41, 5.74) is 1.07. The standard InChI is InChI=1S/C12H13ClO3Si/c1-8-6-12(14)15-11-7-9(4-5-10(8)11)16-17(2,3)13/h4-7H,1-3H3. The van der Waals surface area contributed by atoms with E-state index in [0.29, 0.717) is 11.3 Å². The highest BCUT2D eigenvalue weighted by Gasteiger charge is 2.20. The van der Waals surface area contributed by atoms with Gasteiger partial charge < -0.3 is 8.84 Å². The highest BCUT2D eigenvalue weighted by atomic mass is 35.6. The molecule has 0 radical (unpaired) electrons. The van der Waals surface area contributed by atoms with Crippen molar-refractivity contribution in [3.63, 3.8) is 0 Å². The molecule has 0 aliphatic heterocycles. The minimum Gasteiger partial charge on any atom is -0.529 e. The van der Waals surface area contributed by atoms with Crippen LogP contribution in [0.3, 0.4) is 0 Å². The molecule has 2 aromatic rings. The Balaban J connectivity index is 2.54. The maximum absolute atomic E-state index is 11.3. The first-order chi connectivity index (χ1) is 7.85. The van der Waals surface area contributed by atoms with Gasteiger partial charge in [-0.1, -0.05) is 0 Å². The molecule has 0 saturated carbocycles. The van der Waals surface area contributed by atoms with E-state index in [-0.39, 0.29) is 5.63 Å². The zero-order valence-corrected chi connectivity index (χ0v) is 11.7. The summed E-state index contributed by atoms with van der Waals surface area (Å²) in [4.78, 5) is 11.3. The first-order valence-electron chi connectivity index (χ1n) is 5.27. The van der Waals surface area contributed by atoms with Crippen LogP contribution in [-0.4, -0.2) is 7.63 Å². The van der Waals surface area contributed by atoms with Crippen molar-refractivity contribution < 1.29 is 8.84 Å². The van der Waals surface area contributed by atoms with Crippen LogP contribution < -0.4 is 10.1 Å². The fraction of sp³-hybridized carbons (Fsp3) is 0.250. The fourth-order valence-electron chi connectivity index (χ4n) is 1.65. The molecule has 0 spiro atoms. The van der Waals surface area contributed by atoms with Crippen molar-refractivity contribution in [3.05, 3.63) is 40.2 Å². The van der Waals surface area contributed by atoms with Gasteiger partial charge in [0.05, 0.1) is 0 Å². The van der Waals surface area contributed by atoms with Gasteiger partial charge in [-0.25, -0.2) is 4.79 Å². The molecule has 1 heterocycles. The van der Waals surface area contributed by atoms with Crippen molar-refractivity contribution in [3.8, 4) is 5.75 Å². The summed E-state index contributed by atoms with van der Waals surface area (Å²) in [5, 5.41) is 0.908. The minimum absolute atomic E-state index is 0.352. The van der Waals surface area contributed by atoms with E-state index < -0.39 is 7.63 Å². The molecule has 0 aliphatic rings. The zero-order valence-electron chi connectivity index (χ0n) is 9.91. The molecule has 5 heteroatoms. The number of halogens is 1. The van der Waals surface area contributed by atoms with E-state index >= 15 is 0 Å². The van der Waals surface area contributed by atoms with Crippen molar-refractivity contribution in [2.45, 2.75) is 20.0 Å². The molecule has 0 amide bonds. The Kier molecular flexibility index (Phi) is 3.01. The summed E-state index contributed by atoms with van der Waals surface area (Å²) in [7, 11) is -2.16. The molecule has 0 atom stereocenters. The van der Waals surface area contributed by atoms with Crippen LogP contribution in [0.1, 0.15) is 5.56 Å². The van der Waals surface area contributed by atoms with Gasteiger partial charge in [-0.05, 0) is 37.7 Å². The fourth-order valence-corrected chi connectivity index (χ4v) is 2.60. The Morgan fingerprint density at radius 3 is 2.65 bits per heavy atom. The SMILES string of the molecule is Cc1cc(=O)oc2cc(O[Si](C)(C)Cl)ccc12. The van der Waals surface area contributed by atoms with E-state index in [9.17, 15) is 4.79 Å². The molecule has 0 fully saturated rings. The topological polar surface area (TPSA) is 39.4 Å². The number of benzene rings is 1. The molecule has 1 aromatic carbocycles. The first kappa shape index (κ1) is 12.2. The average molecular weight is 269 g/mol. The molecular formula is C12H13ClO3Si. The molecule has 3 nitrogen and oxygen atoms in total. The van der Waals surface area contributed by atoms with E-state index in [0.717, 1.165) is 10.9 Å². The van der Waals surface area contributed by atoms with Gasteiger partial charge in [-0.15, -0.1) is 11.1 Å². The molecule has 0 aliphatic carbocycles. The predicted molar refractivity (Wildman–Crippen MR) is 71.2 cm³/mol. The van der Waals surface area contributed by atoms with E-state index in [4.69, 9.17) is 19.9 Å². The van der Waals surface area contributed by atoms with Crippen LogP contribution >= 0.6 is 11.1 Å². The van der Waals surface area contributed by atoms with E-state index in [1.807, 2.05) is 32.2 Å². The van der Waals surface area contributed by atoms with Crippen molar-refractivity contribution in [2.75, 3.05) is 0 Å².